The molecule has 25 heavy (non-hydrogen) atoms. The van der Waals surface area contributed by atoms with Gasteiger partial charge >= 0.3 is 6.18 Å². The van der Waals surface area contributed by atoms with Crippen molar-refractivity contribution < 1.29 is 18.3 Å². The first kappa shape index (κ1) is 17.7. The van der Waals surface area contributed by atoms with E-state index in [9.17, 15) is 23.5 Å². The molecule has 1 aromatic heterocycles. The minimum Gasteiger partial charge on any atom is -0.506 e. The van der Waals surface area contributed by atoms with Crippen LogP contribution >= 0.6 is 33.9 Å². The summed E-state index contributed by atoms with van der Waals surface area (Å²) in [6, 6.07) is 12.1. The van der Waals surface area contributed by atoms with Gasteiger partial charge in [0.1, 0.15) is 22.4 Å². The van der Waals surface area contributed by atoms with Gasteiger partial charge in [0.2, 0.25) is 0 Å². The van der Waals surface area contributed by atoms with Crippen molar-refractivity contribution in [3.05, 3.63) is 62.2 Å². The van der Waals surface area contributed by atoms with Crippen molar-refractivity contribution >= 4 is 55.5 Å². The number of alkyl halides is 3. The number of aliphatic hydroxyl groups excluding tert-OH is 1. The number of hydrogen-bond acceptors (Lipinski definition) is 4. The van der Waals surface area contributed by atoms with Crippen LogP contribution < -0.4 is 0 Å². The van der Waals surface area contributed by atoms with Crippen LogP contribution in [0.4, 0.5) is 13.2 Å². The molecule has 0 radical (unpaired) electrons. The summed E-state index contributed by atoms with van der Waals surface area (Å²) in [6.45, 7) is 0. The molecular weight excluding hydrogens is 464 g/mol. The molecular formula is C17H8F3IN2OS. The highest BCUT2D eigenvalue weighted by molar-refractivity contribution is 14.1. The zero-order valence-electron chi connectivity index (χ0n) is 12.3. The summed E-state index contributed by atoms with van der Waals surface area (Å²) in [5.74, 6) is -0.248. The van der Waals surface area contributed by atoms with Crippen LogP contribution in [0.1, 0.15) is 16.1 Å². The van der Waals surface area contributed by atoms with Crippen LogP contribution in [0.25, 0.3) is 21.5 Å². The van der Waals surface area contributed by atoms with Gasteiger partial charge in [0, 0.05) is 9.13 Å². The van der Waals surface area contributed by atoms with E-state index in [1.807, 2.05) is 28.7 Å². The van der Waals surface area contributed by atoms with Crippen molar-refractivity contribution in [2.45, 2.75) is 6.18 Å². The summed E-state index contributed by atoms with van der Waals surface area (Å²) >= 11 is 3.08. The number of halogens is 4. The standard InChI is InChI=1S/C17H8F3IN2OS/c18-17(19,20)9-5-6-14-13(7-9)23-16(25-14)11(8-22)15(24)10-3-1-2-4-12(10)21/h1-7,24H/b15-11-. The highest BCUT2D eigenvalue weighted by Gasteiger charge is 2.31. The molecule has 0 aliphatic rings. The maximum absolute atomic E-state index is 12.8. The van der Waals surface area contributed by atoms with Crippen LogP contribution in [0, 0.1) is 14.9 Å². The second-order valence-corrected chi connectivity index (χ2v) is 7.21. The average Bonchev–Trinajstić information content (AvgIpc) is 2.97. The summed E-state index contributed by atoms with van der Waals surface area (Å²) in [4.78, 5) is 4.11. The second kappa shape index (κ2) is 6.65. The smallest absolute Gasteiger partial charge is 0.416 e. The molecule has 0 atom stereocenters. The molecule has 1 N–H and O–H groups in total. The maximum atomic E-state index is 12.8. The molecule has 0 aliphatic carbocycles. The van der Waals surface area contributed by atoms with E-state index in [4.69, 9.17) is 0 Å². The van der Waals surface area contributed by atoms with Gasteiger partial charge in [-0.25, -0.2) is 4.98 Å². The van der Waals surface area contributed by atoms with Gasteiger partial charge in [0.05, 0.1) is 15.8 Å². The zero-order valence-corrected chi connectivity index (χ0v) is 15.3. The number of fused-ring (bicyclic) bond motifs is 1. The Kier molecular flexibility index (Phi) is 4.71. The number of thiazole rings is 1. The van der Waals surface area contributed by atoms with Crippen molar-refractivity contribution in [2.24, 2.45) is 0 Å². The normalized spacial score (nSPS) is 12.8. The van der Waals surface area contributed by atoms with E-state index in [1.54, 1.807) is 24.3 Å². The molecule has 0 aliphatic heterocycles. The Labute approximate surface area is 158 Å². The molecule has 0 spiro atoms. The van der Waals surface area contributed by atoms with Crippen molar-refractivity contribution in [1.29, 1.82) is 5.26 Å². The van der Waals surface area contributed by atoms with E-state index in [2.05, 4.69) is 4.98 Å². The summed E-state index contributed by atoms with van der Waals surface area (Å²) in [6.07, 6.45) is -4.46. The number of aliphatic hydroxyl groups is 1. The quantitative estimate of drug-likeness (QED) is 0.289. The van der Waals surface area contributed by atoms with Crippen molar-refractivity contribution in [3.8, 4) is 6.07 Å². The van der Waals surface area contributed by atoms with Crippen LogP contribution in [-0.2, 0) is 6.18 Å². The van der Waals surface area contributed by atoms with Gasteiger partial charge in [-0.05, 0) is 46.9 Å². The van der Waals surface area contributed by atoms with Crippen molar-refractivity contribution in [2.75, 3.05) is 0 Å². The van der Waals surface area contributed by atoms with Crippen LogP contribution in [0.3, 0.4) is 0 Å². The Morgan fingerprint density at radius 3 is 2.56 bits per heavy atom. The minimum atomic E-state index is -4.46. The number of rotatable bonds is 2. The van der Waals surface area contributed by atoms with Crippen LogP contribution in [0.5, 0.6) is 0 Å². The Morgan fingerprint density at radius 2 is 1.92 bits per heavy atom. The lowest BCUT2D eigenvalue weighted by Gasteiger charge is -2.05. The number of hydrogen-bond donors (Lipinski definition) is 1. The zero-order chi connectivity index (χ0) is 18.2. The third-order valence-corrected chi connectivity index (χ3v) is 5.40. The van der Waals surface area contributed by atoms with Gasteiger partial charge in [0.15, 0.2) is 0 Å². The molecule has 3 aromatic rings. The van der Waals surface area contributed by atoms with Crippen LogP contribution in [0.2, 0.25) is 0 Å². The van der Waals surface area contributed by atoms with E-state index < -0.39 is 11.7 Å². The van der Waals surface area contributed by atoms with E-state index in [1.165, 1.54) is 6.07 Å². The number of nitrogens with zero attached hydrogens (tertiary/aromatic N) is 2. The molecule has 0 amide bonds. The fourth-order valence-corrected chi connectivity index (χ4v) is 3.79. The Bertz CT molecular complexity index is 1030. The first-order chi connectivity index (χ1) is 11.8. The minimum absolute atomic E-state index is 0.0705. The molecule has 3 rings (SSSR count). The Morgan fingerprint density at radius 1 is 1.20 bits per heavy atom. The third-order valence-electron chi connectivity index (χ3n) is 3.41. The summed E-state index contributed by atoms with van der Waals surface area (Å²) in [5.41, 5.74) is -0.270. The number of allylic oxidation sites excluding steroid dienone is 1. The monoisotopic (exact) mass is 472 g/mol. The van der Waals surface area contributed by atoms with Gasteiger partial charge in [-0.1, -0.05) is 18.2 Å². The third kappa shape index (κ3) is 3.48. The van der Waals surface area contributed by atoms with E-state index in [0.29, 0.717) is 10.3 Å². The van der Waals surface area contributed by atoms with Crippen molar-refractivity contribution in [1.82, 2.24) is 4.98 Å². The Hall–Kier alpha value is -2.12. The Balaban J connectivity index is 2.15. The summed E-state index contributed by atoms with van der Waals surface area (Å²) in [7, 11) is 0. The fraction of sp³-hybridized carbons (Fsp3) is 0.0588. The molecule has 126 valence electrons. The number of aromatic nitrogens is 1. The lowest BCUT2D eigenvalue weighted by atomic mass is 10.1. The molecule has 0 fully saturated rings. The van der Waals surface area contributed by atoms with Gasteiger partial charge in [-0.15, -0.1) is 11.3 Å². The summed E-state index contributed by atoms with van der Waals surface area (Å²) in [5, 5.41) is 20.1. The van der Waals surface area contributed by atoms with Crippen molar-refractivity contribution in [3.63, 3.8) is 0 Å². The number of benzene rings is 2. The van der Waals surface area contributed by atoms with Crippen LogP contribution in [0.15, 0.2) is 42.5 Å². The van der Waals surface area contributed by atoms with E-state index >= 15 is 0 Å². The van der Waals surface area contributed by atoms with Gasteiger partial charge in [0.25, 0.3) is 0 Å². The molecule has 0 unspecified atom stereocenters. The first-order valence-electron chi connectivity index (χ1n) is 6.87. The first-order valence-corrected chi connectivity index (χ1v) is 8.77. The topological polar surface area (TPSA) is 56.9 Å². The molecule has 0 saturated heterocycles. The highest BCUT2D eigenvalue weighted by Crippen LogP contribution is 2.35. The maximum Gasteiger partial charge on any atom is 0.416 e. The van der Waals surface area contributed by atoms with Gasteiger partial charge < -0.3 is 5.11 Å². The molecule has 8 heteroatoms. The van der Waals surface area contributed by atoms with E-state index in [-0.39, 0.29) is 21.9 Å². The second-order valence-electron chi connectivity index (χ2n) is 5.01. The van der Waals surface area contributed by atoms with Crippen LogP contribution in [-0.4, -0.2) is 10.1 Å². The summed E-state index contributed by atoms with van der Waals surface area (Å²) < 4.78 is 39.7. The van der Waals surface area contributed by atoms with Gasteiger partial charge in [-0.2, -0.15) is 18.4 Å². The SMILES string of the molecule is N#C/C(=C(/O)c1ccccc1I)c1nc2cc(C(F)(F)F)ccc2s1. The fourth-order valence-electron chi connectivity index (χ4n) is 2.20. The lowest BCUT2D eigenvalue weighted by Crippen LogP contribution is -2.03. The lowest BCUT2D eigenvalue weighted by molar-refractivity contribution is -0.137. The molecule has 1 heterocycles. The highest BCUT2D eigenvalue weighted by atomic mass is 127. The van der Waals surface area contributed by atoms with Gasteiger partial charge in [-0.3, -0.25) is 0 Å². The predicted octanol–water partition coefficient (Wildman–Crippen LogP) is 5.87. The average molecular weight is 472 g/mol. The largest absolute Gasteiger partial charge is 0.506 e. The molecule has 0 bridgehead atoms. The predicted molar refractivity (Wildman–Crippen MR) is 98.8 cm³/mol. The molecule has 3 nitrogen and oxygen atoms in total. The molecule has 0 saturated carbocycles. The molecule has 2 aromatic carbocycles. The number of nitriles is 1. The van der Waals surface area contributed by atoms with E-state index in [0.717, 1.165) is 27.0 Å².